The molecule has 2 aromatic rings. The van der Waals surface area contributed by atoms with E-state index in [1.54, 1.807) is 6.92 Å². The van der Waals surface area contributed by atoms with E-state index in [0.29, 0.717) is 5.82 Å². The van der Waals surface area contributed by atoms with Crippen LogP contribution in [0.25, 0.3) is 0 Å². The summed E-state index contributed by atoms with van der Waals surface area (Å²) < 4.78 is 23.2. The molecule has 0 bridgehead atoms. The second-order valence-corrected chi connectivity index (χ2v) is 5.08. The Hall–Kier alpha value is -2.81. The number of amides is 1. The molecule has 1 aromatic carbocycles. The van der Waals surface area contributed by atoms with Gasteiger partial charge in [0, 0.05) is 0 Å². The van der Waals surface area contributed by atoms with Gasteiger partial charge in [0.1, 0.15) is 19.0 Å². The summed E-state index contributed by atoms with van der Waals surface area (Å²) in [5.74, 6) is -1.70. The van der Waals surface area contributed by atoms with Crippen LogP contribution in [0.5, 0.6) is 0 Å². The lowest BCUT2D eigenvalue weighted by molar-refractivity contribution is -0.142. The van der Waals surface area contributed by atoms with Crippen molar-refractivity contribution in [2.75, 3.05) is 6.61 Å². The fourth-order valence-corrected chi connectivity index (χ4v) is 1.97. The second-order valence-electron chi connectivity index (χ2n) is 5.08. The Kier molecular flexibility index (Phi) is 5.59. The predicted octanol–water partition coefficient (Wildman–Crippen LogP) is 1.28. The molecule has 0 fully saturated rings. The maximum absolute atomic E-state index is 13.3. The van der Waals surface area contributed by atoms with E-state index in [2.05, 4.69) is 15.5 Å². The Bertz CT molecular complexity index is 746. The molecule has 1 atom stereocenters. The van der Waals surface area contributed by atoms with Crippen LogP contribution in [0.4, 0.5) is 4.39 Å². The summed E-state index contributed by atoms with van der Waals surface area (Å²) in [4.78, 5) is 27.1. The molecule has 2 N–H and O–H groups in total. The molecule has 0 radical (unpaired) electrons. The highest BCUT2D eigenvalue weighted by Crippen LogP contribution is 2.17. The van der Waals surface area contributed by atoms with Gasteiger partial charge < -0.3 is 19.7 Å². The molecule has 0 aliphatic carbocycles. The number of hydrogen-bond donors (Lipinski definition) is 2. The minimum absolute atomic E-state index is 0.0678. The first-order valence-electron chi connectivity index (χ1n) is 7.02. The van der Waals surface area contributed by atoms with Crippen LogP contribution in [-0.2, 0) is 20.9 Å². The Morgan fingerprint density at radius 3 is 2.75 bits per heavy atom. The van der Waals surface area contributed by atoms with Crippen LogP contribution in [0, 0.1) is 19.7 Å². The summed E-state index contributed by atoms with van der Waals surface area (Å²) >= 11 is 0. The molecule has 1 unspecified atom stereocenters. The molecule has 1 amide bonds. The monoisotopic (exact) mass is 337 g/mol. The summed E-state index contributed by atoms with van der Waals surface area (Å²) in [6, 6.07) is 2.53. The molecule has 1 heterocycles. The SMILES string of the molecule is Cc1noc(COCC(=O)NC(C(=O)O)c2ccc(F)c(C)c2)n1. The van der Waals surface area contributed by atoms with Gasteiger partial charge in [0.15, 0.2) is 11.9 Å². The van der Waals surface area contributed by atoms with Crippen LogP contribution in [0.3, 0.4) is 0 Å². The van der Waals surface area contributed by atoms with E-state index < -0.39 is 23.7 Å². The van der Waals surface area contributed by atoms with Crippen LogP contribution in [0.15, 0.2) is 22.7 Å². The van der Waals surface area contributed by atoms with E-state index in [-0.39, 0.29) is 30.2 Å². The summed E-state index contributed by atoms with van der Waals surface area (Å²) in [7, 11) is 0. The number of aliphatic carboxylic acids is 1. The first kappa shape index (κ1) is 17.5. The minimum atomic E-state index is -1.30. The van der Waals surface area contributed by atoms with Crippen molar-refractivity contribution in [2.45, 2.75) is 26.5 Å². The van der Waals surface area contributed by atoms with E-state index in [1.165, 1.54) is 19.1 Å². The van der Waals surface area contributed by atoms with Crippen LogP contribution in [-0.4, -0.2) is 33.7 Å². The summed E-state index contributed by atoms with van der Waals surface area (Å²) in [5.41, 5.74) is 0.554. The third-order valence-electron chi connectivity index (χ3n) is 3.10. The number of halogens is 1. The van der Waals surface area contributed by atoms with E-state index in [9.17, 15) is 19.1 Å². The van der Waals surface area contributed by atoms with Gasteiger partial charge in [-0.1, -0.05) is 17.3 Å². The number of carboxylic acids is 1. The second kappa shape index (κ2) is 7.64. The Morgan fingerprint density at radius 1 is 1.42 bits per heavy atom. The van der Waals surface area contributed by atoms with Gasteiger partial charge >= 0.3 is 5.97 Å². The molecule has 0 saturated heterocycles. The lowest BCUT2D eigenvalue weighted by atomic mass is 10.0. The van der Waals surface area contributed by atoms with Gasteiger partial charge in [0.05, 0.1) is 0 Å². The molecule has 1 aromatic heterocycles. The molecule has 2 rings (SSSR count). The van der Waals surface area contributed by atoms with E-state index >= 15 is 0 Å². The van der Waals surface area contributed by atoms with Gasteiger partial charge in [0.2, 0.25) is 5.91 Å². The highest BCUT2D eigenvalue weighted by atomic mass is 19.1. The molecule has 24 heavy (non-hydrogen) atoms. The average Bonchev–Trinajstić information content (AvgIpc) is 2.93. The Balaban J connectivity index is 1.93. The molecule has 0 aliphatic rings. The number of rotatable bonds is 7. The zero-order valence-electron chi connectivity index (χ0n) is 13.1. The quantitative estimate of drug-likeness (QED) is 0.782. The van der Waals surface area contributed by atoms with Gasteiger partial charge in [-0.15, -0.1) is 0 Å². The fraction of sp³-hybridized carbons (Fsp3) is 0.333. The van der Waals surface area contributed by atoms with Crippen LogP contribution in [0.1, 0.15) is 28.9 Å². The van der Waals surface area contributed by atoms with Gasteiger partial charge in [-0.2, -0.15) is 4.98 Å². The number of carbonyl (C=O) groups excluding carboxylic acids is 1. The standard InChI is InChI=1S/C15H16FN3O5/c1-8-5-10(3-4-11(8)16)14(15(21)22)18-12(20)6-23-7-13-17-9(2)19-24-13/h3-5,14H,6-7H2,1-2H3,(H,18,20)(H,21,22). The van der Waals surface area contributed by atoms with E-state index in [4.69, 9.17) is 9.26 Å². The van der Waals surface area contributed by atoms with Crippen LogP contribution >= 0.6 is 0 Å². The lowest BCUT2D eigenvalue weighted by Gasteiger charge is -2.15. The van der Waals surface area contributed by atoms with E-state index in [1.807, 2.05) is 0 Å². The van der Waals surface area contributed by atoms with Crippen molar-refractivity contribution < 1.29 is 28.3 Å². The summed E-state index contributed by atoms with van der Waals surface area (Å²) in [5, 5.41) is 15.1. The first-order valence-corrected chi connectivity index (χ1v) is 7.02. The normalized spacial score (nSPS) is 12.0. The van der Waals surface area contributed by atoms with Crippen LogP contribution in [0.2, 0.25) is 0 Å². The highest BCUT2D eigenvalue weighted by molar-refractivity contribution is 5.85. The van der Waals surface area contributed by atoms with Crippen molar-refractivity contribution in [1.82, 2.24) is 15.5 Å². The van der Waals surface area contributed by atoms with Gasteiger partial charge in [-0.3, -0.25) is 4.79 Å². The maximum Gasteiger partial charge on any atom is 0.330 e. The molecule has 8 nitrogen and oxygen atoms in total. The molecular weight excluding hydrogens is 321 g/mol. The highest BCUT2D eigenvalue weighted by Gasteiger charge is 2.22. The van der Waals surface area contributed by atoms with Crippen molar-refractivity contribution in [2.24, 2.45) is 0 Å². The van der Waals surface area contributed by atoms with Crippen molar-refractivity contribution in [1.29, 1.82) is 0 Å². The zero-order chi connectivity index (χ0) is 17.7. The average molecular weight is 337 g/mol. The van der Waals surface area contributed by atoms with Crippen molar-refractivity contribution in [3.8, 4) is 0 Å². The topological polar surface area (TPSA) is 115 Å². The molecule has 0 spiro atoms. The molecular formula is C15H16FN3O5. The smallest absolute Gasteiger partial charge is 0.330 e. The van der Waals surface area contributed by atoms with Crippen molar-refractivity contribution >= 4 is 11.9 Å². The third kappa shape index (κ3) is 4.59. The van der Waals surface area contributed by atoms with Gasteiger partial charge in [-0.05, 0) is 31.0 Å². The Morgan fingerprint density at radius 2 is 2.17 bits per heavy atom. The number of hydrogen-bond acceptors (Lipinski definition) is 6. The van der Waals surface area contributed by atoms with Crippen LogP contribution < -0.4 is 5.32 Å². The Labute approximate surface area is 136 Å². The number of ether oxygens (including phenoxy) is 1. The van der Waals surface area contributed by atoms with E-state index in [0.717, 1.165) is 6.07 Å². The minimum Gasteiger partial charge on any atom is -0.479 e. The number of aromatic nitrogens is 2. The van der Waals surface area contributed by atoms with Gasteiger partial charge in [0.25, 0.3) is 5.89 Å². The molecule has 9 heteroatoms. The lowest BCUT2D eigenvalue weighted by Crippen LogP contribution is -2.36. The number of aryl methyl sites for hydroxylation is 2. The van der Waals surface area contributed by atoms with Crippen molar-refractivity contribution in [3.63, 3.8) is 0 Å². The molecule has 0 saturated carbocycles. The number of carboxylic acid groups (broad SMARTS) is 1. The number of nitrogens with zero attached hydrogens (tertiary/aromatic N) is 2. The first-order chi connectivity index (χ1) is 11.4. The third-order valence-corrected chi connectivity index (χ3v) is 3.10. The fourth-order valence-electron chi connectivity index (χ4n) is 1.97. The number of nitrogens with one attached hydrogen (secondary N) is 1. The molecule has 128 valence electrons. The zero-order valence-corrected chi connectivity index (χ0v) is 13.1. The number of carbonyl (C=O) groups is 2. The number of benzene rings is 1. The largest absolute Gasteiger partial charge is 0.479 e. The summed E-state index contributed by atoms with van der Waals surface area (Å²) in [6.45, 7) is 2.70. The summed E-state index contributed by atoms with van der Waals surface area (Å²) in [6.07, 6.45) is 0. The maximum atomic E-state index is 13.3. The predicted molar refractivity (Wildman–Crippen MR) is 78.3 cm³/mol. The van der Waals surface area contributed by atoms with Gasteiger partial charge in [-0.25, -0.2) is 9.18 Å². The van der Waals surface area contributed by atoms with Crippen molar-refractivity contribution in [3.05, 3.63) is 46.9 Å². The molecule has 0 aliphatic heterocycles.